The molecule has 1 N–H and O–H groups in total. The molecule has 0 aliphatic heterocycles. The molecule has 0 fully saturated rings. The summed E-state index contributed by atoms with van der Waals surface area (Å²) in [5.41, 5.74) is 1.61. The average molecular weight is 269 g/mol. The topological polar surface area (TPSA) is 37.3 Å². The van der Waals surface area contributed by atoms with E-state index in [-0.39, 0.29) is 0 Å². The van der Waals surface area contributed by atoms with E-state index in [2.05, 4.69) is 15.9 Å². The van der Waals surface area contributed by atoms with Gasteiger partial charge in [-0.05, 0) is 37.5 Å². The van der Waals surface area contributed by atoms with Crippen molar-refractivity contribution >= 4 is 21.9 Å². The number of allylic oxidation sites excluding steroid dienone is 1. The zero-order chi connectivity index (χ0) is 11.3. The summed E-state index contributed by atoms with van der Waals surface area (Å²) in [4.78, 5) is 10.5. The molecule has 0 spiro atoms. The average Bonchev–Trinajstić information content (AvgIpc) is 2.17. The maximum absolute atomic E-state index is 10.5. The molecule has 80 valence electrons. The van der Waals surface area contributed by atoms with Gasteiger partial charge in [0.1, 0.15) is 0 Å². The largest absolute Gasteiger partial charge is 0.478 e. The Labute approximate surface area is 97.8 Å². The second-order valence-corrected chi connectivity index (χ2v) is 4.28. The highest BCUT2D eigenvalue weighted by molar-refractivity contribution is 9.10. The lowest BCUT2D eigenvalue weighted by Gasteiger charge is -1.99. The lowest BCUT2D eigenvalue weighted by atomic mass is 10.1. The third kappa shape index (κ3) is 4.30. The fraction of sp³-hybridized carbons (Fsp3) is 0.250. The Morgan fingerprint density at radius 3 is 2.87 bits per heavy atom. The van der Waals surface area contributed by atoms with Gasteiger partial charge in [-0.2, -0.15) is 0 Å². The van der Waals surface area contributed by atoms with Crippen LogP contribution < -0.4 is 0 Å². The van der Waals surface area contributed by atoms with E-state index in [0.29, 0.717) is 5.57 Å². The van der Waals surface area contributed by atoms with Crippen molar-refractivity contribution in [2.45, 2.75) is 19.8 Å². The van der Waals surface area contributed by atoms with Crippen LogP contribution in [-0.2, 0) is 11.2 Å². The Kier molecular flexibility index (Phi) is 4.56. The van der Waals surface area contributed by atoms with Crippen LogP contribution >= 0.6 is 15.9 Å². The molecule has 0 aromatic heterocycles. The number of carbonyl (C=O) groups is 1. The van der Waals surface area contributed by atoms with Gasteiger partial charge >= 0.3 is 5.97 Å². The van der Waals surface area contributed by atoms with Crippen LogP contribution in [-0.4, -0.2) is 11.1 Å². The first-order valence-electron chi connectivity index (χ1n) is 4.74. The van der Waals surface area contributed by atoms with Crippen LogP contribution in [0.25, 0.3) is 0 Å². The standard InChI is InChI=1S/C12H13BrO2/c1-9(12(14)15)4-2-5-10-6-3-7-11(13)8-10/h3-4,6-8H,2,5H2,1H3,(H,14,15). The van der Waals surface area contributed by atoms with Gasteiger partial charge in [0.05, 0.1) is 0 Å². The van der Waals surface area contributed by atoms with Crippen LogP contribution in [0.3, 0.4) is 0 Å². The van der Waals surface area contributed by atoms with Crippen molar-refractivity contribution in [2.75, 3.05) is 0 Å². The molecule has 0 bridgehead atoms. The second kappa shape index (κ2) is 5.71. The SMILES string of the molecule is CC(=CCCc1cccc(Br)c1)C(=O)O. The minimum absolute atomic E-state index is 0.407. The van der Waals surface area contributed by atoms with Gasteiger partial charge in [0.2, 0.25) is 0 Å². The first-order chi connectivity index (χ1) is 7.09. The van der Waals surface area contributed by atoms with Crippen LogP contribution in [0.4, 0.5) is 0 Å². The van der Waals surface area contributed by atoms with Gasteiger partial charge in [-0.25, -0.2) is 4.79 Å². The van der Waals surface area contributed by atoms with Crippen molar-refractivity contribution in [3.8, 4) is 0 Å². The van der Waals surface area contributed by atoms with Crippen molar-refractivity contribution in [2.24, 2.45) is 0 Å². The summed E-state index contributed by atoms with van der Waals surface area (Å²) < 4.78 is 1.05. The zero-order valence-electron chi connectivity index (χ0n) is 8.53. The van der Waals surface area contributed by atoms with E-state index in [9.17, 15) is 4.79 Å². The van der Waals surface area contributed by atoms with E-state index in [1.165, 1.54) is 5.56 Å². The van der Waals surface area contributed by atoms with Gasteiger partial charge in [-0.3, -0.25) is 0 Å². The molecule has 0 aliphatic rings. The third-order valence-corrected chi connectivity index (χ3v) is 2.60. The Hall–Kier alpha value is -1.09. The molecule has 0 aliphatic carbocycles. The molecule has 1 aromatic rings. The Balaban J connectivity index is 2.51. The molecule has 0 unspecified atom stereocenters. The number of benzene rings is 1. The lowest BCUT2D eigenvalue weighted by Crippen LogP contribution is -1.96. The highest BCUT2D eigenvalue weighted by Crippen LogP contribution is 2.13. The van der Waals surface area contributed by atoms with Gasteiger partial charge < -0.3 is 5.11 Å². The number of aliphatic carboxylic acids is 1. The second-order valence-electron chi connectivity index (χ2n) is 3.36. The molecule has 1 aromatic carbocycles. The van der Waals surface area contributed by atoms with Gasteiger partial charge in [0.15, 0.2) is 0 Å². The van der Waals surface area contributed by atoms with Crippen LogP contribution in [0, 0.1) is 0 Å². The monoisotopic (exact) mass is 268 g/mol. The number of aryl methyl sites for hydroxylation is 1. The molecule has 0 heterocycles. The van der Waals surface area contributed by atoms with Gasteiger partial charge in [0, 0.05) is 10.0 Å². The van der Waals surface area contributed by atoms with Gasteiger partial charge in [-0.1, -0.05) is 34.1 Å². The van der Waals surface area contributed by atoms with E-state index in [1.54, 1.807) is 13.0 Å². The van der Waals surface area contributed by atoms with E-state index in [4.69, 9.17) is 5.11 Å². The number of rotatable bonds is 4. The minimum atomic E-state index is -0.843. The first kappa shape index (κ1) is 12.0. The number of carboxylic acids is 1. The van der Waals surface area contributed by atoms with Gasteiger partial charge in [0.25, 0.3) is 0 Å². The molecular formula is C12H13BrO2. The summed E-state index contributed by atoms with van der Waals surface area (Å²) in [5.74, 6) is -0.843. The molecule has 3 heteroatoms. The highest BCUT2D eigenvalue weighted by Gasteiger charge is 1.98. The molecule has 0 atom stereocenters. The maximum atomic E-state index is 10.5. The van der Waals surface area contributed by atoms with Gasteiger partial charge in [-0.15, -0.1) is 0 Å². The molecule has 1 rings (SSSR count). The number of hydrogen-bond acceptors (Lipinski definition) is 1. The maximum Gasteiger partial charge on any atom is 0.330 e. The Morgan fingerprint density at radius 1 is 1.53 bits per heavy atom. The van der Waals surface area contributed by atoms with E-state index >= 15 is 0 Å². The Morgan fingerprint density at radius 2 is 2.27 bits per heavy atom. The van der Waals surface area contributed by atoms with Crippen LogP contribution in [0.5, 0.6) is 0 Å². The number of carboxylic acid groups (broad SMARTS) is 1. The fourth-order valence-corrected chi connectivity index (χ4v) is 1.68. The van der Waals surface area contributed by atoms with E-state index in [0.717, 1.165) is 17.3 Å². The lowest BCUT2D eigenvalue weighted by molar-refractivity contribution is -0.132. The van der Waals surface area contributed by atoms with Crippen molar-refractivity contribution < 1.29 is 9.90 Å². The van der Waals surface area contributed by atoms with E-state index in [1.807, 2.05) is 24.3 Å². The molecule has 0 saturated heterocycles. The summed E-state index contributed by atoms with van der Waals surface area (Å²) in [6.07, 6.45) is 3.38. The van der Waals surface area contributed by atoms with Crippen molar-refractivity contribution in [1.82, 2.24) is 0 Å². The summed E-state index contributed by atoms with van der Waals surface area (Å²) in [6, 6.07) is 8.04. The van der Waals surface area contributed by atoms with Crippen LogP contribution in [0.1, 0.15) is 18.9 Å². The van der Waals surface area contributed by atoms with Crippen molar-refractivity contribution in [3.05, 3.63) is 46.0 Å². The number of halogens is 1. The number of hydrogen-bond donors (Lipinski definition) is 1. The van der Waals surface area contributed by atoms with E-state index < -0.39 is 5.97 Å². The molecule has 2 nitrogen and oxygen atoms in total. The zero-order valence-corrected chi connectivity index (χ0v) is 10.1. The molecule has 0 saturated carbocycles. The molecule has 15 heavy (non-hydrogen) atoms. The first-order valence-corrected chi connectivity index (χ1v) is 5.53. The summed E-state index contributed by atoms with van der Waals surface area (Å²) in [5, 5.41) is 8.65. The Bertz CT molecular complexity index is 383. The normalized spacial score (nSPS) is 11.5. The smallest absolute Gasteiger partial charge is 0.330 e. The van der Waals surface area contributed by atoms with Crippen LogP contribution in [0.15, 0.2) is 40.4 Å². The summed E-state index contributed by atoms with van der Waals surface area (Å²) >= 11 is 3.40. The third-order valence-electron chi connectivity index (χ3n) is 2.11. The summed E-state index contributed by atoms with van der Waals surface area (Å²) in [6.45, 7) is 1.61. The predicted octanol–water partition coefficient (Wildman–Crippen LogP) is 3.41. The minimum Gasteiger partial charge on any atom is -0.478 e. The summed E-state index contributed by atoms with van der Waals surface area (Å²) in [7, 11) is 0. The highest BCUT2D eigenvalue weighted by atomic mass is 79.9. The fourth-order valence-electron chi connectivity index (χ4n) is 1.24. The molecular weight excluding hydrogens is 256 g/mol. The van der Waals surface area contributed by atoms with Crippen molar-refractivity contribution in [1.29, 1.82) is 0 Å². The van der Waals surface area contributed by atoms with Crippen molar-refractivity contribution in [3.63, 3.8) is 0 Å². The van der Waals surface area contributed by atoms with Crippen LogP contribution in [0.2, 0.25) is 0 Å². The molecule has 0 radical (unpaired) electrons. The predicted molar refractivity (Wildman–Crippen MR) is 63.9 cm³/mol. The quantitative estimate of drug-likeness (QED) is 0.850. The molecule has 0 amide bonds.